The van der Waals surface area contributed by atoms with Gasteiger partial charge in [-0.3, -0.25) is 0 Å². The quantitative estimate of drug-likeness (QED) is 0.273. The maximum absolute atomic E-state index is 2.81. The number of para-hydroxylation sites is 1. The standard InChI is InChI=1S/C51H58N2/c1-51(2)47-33-41(29-31-43(47)44-32-30-42(34-48(44)51)53-49-19-11-9-17-45(49)46-18-10-12-20-50(46)53)52(39-25-21-37(22-26-39)35-13-5-3-6-14-35)40-27-23-38(24-28-40)36-15-7-4-8-16-36/h3,5-6,9-13,15,17-21,23,25,27-28,32-33,35,37-39,42,45,48-49H,4,7-8,14,16,22,24,26,29-31,34H2,1-2H3. The van der Waals surface area contributed by atoms with Gasteiger partial charge in [0.25, 0.3) is 0 Å². The Morgan fingerprint density at radius 2 is 1.68 bits per heavy atom. The average Bonchev–Trinajstić information content (AvgIpc) is 3.67. The molecule has 8 atom stereocenters. The van der Waals surface area contributed by atoms with Crippen LogP contribution in [0.5, 0.6) is 0 Å². The Hall–Kier alpha value is -4.04. The first kappa shape index (κ1) is 33.5. The zero-order chi connectivity index (χ0) is 35.5. The van der Waals surface area contributed by atoms with E-state index < -0.39 is 0 Å². The molecule has 10 rings (SSSR count). The van der Waals surface area contributed by atoms with E-state index in [-0.39, 0.29) is 5.41 Å². The van der Waals surface area contributed by atoms with Gasteiger partial charge in [0.15, 0.2) is 0 Å². The summed E-state index contributed by atoms with van der Waals surface area (Å²) in [7, 11) is 0. The lowest BCUT2D eigenvalue weighted by molar-refractivity contribution is 0.277. The first-order valence-corrected chi connectivity index (χ1v) is 21.3. The highest BCUT2D eigenvalue weighted by molar-refractivity contribution is 5.67. The fourth-order valence-corrected chi connectivity index (χ4v) is 12.0. The smallest absolute Gasteiger partial charge is 0.0583 e. The highest BCUT2D eigenvalue weighted by Crippen LogP contribution is 2.59. The molecule has 2 nitrogen and oxygen atoms in total. The second kappa shape index (κ2) is 13.7. The number of hydrogen-bond donors (Lipinski definition) is 0. The second-order valence-electron chi connectivity index (χ2n) is 18.0. The normalized spacial score (nSPS) is 34.9. The van der Waals surface area contributed by atoms with Crippen LogP contribution in [-0.4, -0.2) is 23.0 Å². The van der Waals surface area contributed by atoms with Gasteiger partial charge in [-0.1, -0.05) is 123 Å². The van der Waals surface area contributed by atoms with E-state index in [2.05, 4.69) is 145 Å². The van der Waals surface area contributed by atoms with Crippen molar-refractivity contribution in [2.45, 2.75) is 115 Å². The lowest BCUT2D eigenvalue weighted by atomic mass is 9.70. The van der Waals surface area contributed by atoms with E-state index in [1.165, 1.54) is 74.7 Å². The van der Waals surface area contributed by atoms with Gasteiger partial charge in [0.1, 0.15) is 0 Å². The van der Waals surface area contributed by atoms with Crippen LogP contribution in [0.25, 0.3) is 0 Å². The van der Waals surface area contributed by atoms with Crippen molar-refractivity contribution in [2.24, 2.45) is 29.1 Å². The third kappa shape index (κ3) is 5.82. The zero-order valence-corrected chi connectivity index (χ0v) is 32.0. The number of allylic oxidation sites excluding steroid dienone is 17. The predicted octanol–water partition coefficient (Wildman–Crippen LogP) is 12.5. The molecule has 1 heterocycles. The average molecular weight is 699 g/mol. The molecule has 8 aliphatic carbocycles. The summed E-state index contributed by atoms with van der Waals surface area (Å²) >= 11 is 0. The van der Waals surface area contributed by atoms with E-state index in [4.69, 9.17) is 0 Å². The minimum absolute atomic E-state index is 0.113. The molecule has 0 N–H and O–H groups in total. The fraction of sp³-hybridized carbons (Fsp3) is 0.451. The van der Waals surface area contributed by atoms with E-state index in [0.29, 0.717) is 47.7 Å². The van der Waals surface area contributed by atoms with Crippen LogP contribution >= 0.6 is 0 Å². The van der Waals surface area contributed by atoms with Crippen molar-refractivity contribution >= 4 is 5.69 Å². The van der Waals surface area contributed by atoms with Crippen molar-refractivity contribution in [3.05, 3.63) is 161 Å². The van der Waals surface area contributed by atoms with E-state index in [0.717, 1.165) is 19.3 Å². The van der Waals surface area contributed by atoms with Gasteiger partial charge in [0.2, 0.25) is 0 Å². The lowest BCUT2D eigenvalue weighted by Crippen LogP contribution is -2.45. The number of anilines is 1. The van der Waals surface area contributed by atoms with Crippen LogP contribution in [0.2, 0.25) is 0 Å². The summed E-state index contributed by atoms with van der Waals surface area (Å²) in [6.45, 7) is 5.15. The summed E-state index contributed by atoms with van der Waals surface area (Å²) in [6.07, 6.45) is 54.2. The summed E-state index contributed by atoms with van der Waals surface area (Å²) in [4.78, 5) is 5.61. The summed E-state index contributed by atoms with van der Waals surface area (Å²) in [5.41, 5.74) is 12.7. The Labute approximate surface area is 319 Å². The predicted molar refractivity (Wildman–Crippen MR) is 222 cm³/mol. The number of fused-ring (bicyclic) bond motifs is 5. The van der Waals surface area contributed by atoms with Gasteiger partial charge in [-0.15, -0.1) is 0 Å². The zero-order valence-electron chi connectivity index (χ0n) is 32.0. The Balaban J connectivity index is 0.942. The first-order valence-electron chi connectivity index (χ1n) is 21.3. The number of hydrogen-bond acceptors (Lipinski definition) is 2. The molecule has 0 fully saturated rings. The molecule has 9 aliphatic rings. The van der Waals surface area contributed by atoms with Gasteiger partial charge < -0.3 is 9.80 Å². The third-order valence-corrected chi connectivity index (χ3v) is 14.8. The van der Waals surface area contributed by atoms with Crippen LogP contribution in [0.4, 0.5) is 5.69 Å². The van der Waals surface area contributed by atoms with Crippen LogP contribution in [0.1, 0.15) is 102 Å². The summed E-state index contributed by atoms with van der Waals surface area (Å²) in [6, 6.07) is 10.6. The molecule has 0 saturated heterocycles. The van der Waals surface area contributed by atoms with Gasteiger partial charge in [0, 0.05) is 35.0 Å². The van der Waals surface area contributed by atoms with Gasteiger partial charge in [-0.2, -0.15) is 0 Å². The molecular weight excluding hydrogens is 641 g/mol. The van der Waals surface area contributed by atoms with Crippen LogP contribution in [0, 0.1) is 29.1 Å². The van der Waals surface area contributed by atoms with Crippen LogP contribution in [0.15, 0.2) is 155 Å². The molecule has 272 valence electrons. The highest BCUT2D eigenvalue weighted by Gasteiger charge is 2.50. The van der Waals surface area contributed by atoms with Crippen molar-refractivity contribution in [1.82, 2.24) is 4.90 Å². The van der Waals surface area contributed by atoms with Gasteiger partial charge in [-0.05, 0) is 141 Å². The maximum atomic E-state index is 2.81. The minimum atomic E-state index is 0.113. The van der Waals surface area contributed by atoms with Gasteiger partial charge in [0.05, 0.1) is 12.1 Å². The molecule has 8 unspecified atom stereocenters. The molecule has 0 spiro atoms. The minimum Gasteiger partial charge on any atom is -0.361 e. The molecule has 1 aromatic rings. The van der Waals surface area contributed by atoms with Crippen molar-refractivity contribution < 1.29 is 0 Å². The number of benzene rings is 1. The van der Waals surface area contributed by atoms with E-state index >= 15 is 0 Å². The van der Waals surface area contributed by atoms with Crippen molar-refractivity contribution in [2.75, 3.05) is 4.90 Å². The summed E-state index contributed by atoms with van der Waals surface area (Å²) in [5, 5.41) is 0. The van der Waals surface area contributed by atoms with E-state index in [1.807, 2.05) is 0 Å². The topological polar surface area (TPSA) is 6.48 Å². The largest absolute Gasteiger partial charge is 0.361 e. The fourth-order valence-electron chi connectivity index (χ4n) is 12.0. The van der Waals surface area contributed by atoms with Crippen LogP contribution < -0.4 is 4.90 Å². The van der Waals surface area contributed by atoms with Crippen LogP contribution in [0.3, 0.4) is 0 Å². The third-order valence-electron chi connectivity index (χ3n) is 14.8. The highest BCUT2D eigenvalue weighted by atomic mass is 15.2. The SMILES string of the molecule is CC1(C)C2=C(CCC(N(C3=CCC(C4=CCCCC4)C=C3)C3C=CC(C4C=CC=CC4)CC3)=C2)C2=CCC(N3c4ccccc4C4C=CC=CC43)CC21. The Morgan fingerprint density at radius 3 is 2.49 bits per heavy atom. The van der Waals surface area contributed by atoms with Crippen LogP contribution in [-0.2, 0) is 0 Å². The first-order chi connectivity index (χ1) is 26.0. The molecule has 0 radical (unpaired) electrons. The van der Waals surface area contributed by atoms with Crippen molar-refractivity contribution in [3.8, 4) is 0 Å². The molecular formula is C51H58N2. The molecule has 0 bridgehead atoms. The Kier molecular flexibility index (Phi) is 8.65. The molecule has 1 aromatic carbocycles. The Morgan fingerprint density at radius 1 is 0.774 bits per heavy atom. The van der Waals surface area contributed by atoms with E-state index in [1.54, 1.807) is 28.0 Å². The second-order valence-corrected chi connectivity index (χ2v) is 18.0. The molecule has 0 saturated carbocycles. The van der Waals surface area contributed by atoms with Crippen molar-refractivity contribution in [3.63, 3.8) is 0 Å². The monoisotopic (exact) mass is 698 g/mol. The lowest BCUT2D eigenvalue weighted by Gasteiger charge is -2.43. The number of nitrogens with zero attached hydrogens (tertiary/aromatic N) is 2. The maximum Gasteiger partial charge on any atom is 0.0583 e. The Bertz CT molecular complexity index is 1980. The molecule has 53 heavy (non-hydrogen) atoms. The van der Waals surface area contributed by atoms with Crippen molar-refractivity contribution in [1.29, 1.82) is 0 Å². The molecule has 0 amide bonds. The molecule has 1 aliphatic heterocycles. The van der Waals surface area contributed by atoms with Gasteiger partial charge in [-0.25, -0.2) is 0 Å². The molecule has 0 aromatic heterocycles. The number of rotatable bonds is 6. The summed E-state index contributed by atoms with van der Waals surface area (Å²) < 4.78 is 0. The van der Waals surface area contributed by atoms with E-state index in [9.17, 15) is 0 Å². The summed E-state index contributed by atoms with van der Waals surface area (Å²) in [5.74, 6) is 2.92. The van der Waals surface area contributed by atoms with Gasteiger partial charge >= 0.3 is 0 Å². The molecule has 2 heteroatoms.